The van der Waals surface area contributed by atoms with E-state index in [0.717, 1.165) is 16.3 Å². The van der Waals surface area contributed by atoms with Gasteiger partial charge in [-0.2, -0.15) is 18.3 Å². The van der Waals surface area contributed by atoms with E-state index in [9.17, 15) is 22.8 Å². The SMILES string of the molecule is O=C(CCNC(=O)c1ccncc1)NCc1ccc(-n2ccc(C(F)(F)F)n2)cc1. The summed E-state index contributed by atoms with van der Waals surface area (Å²) in [5.41, 5.74) is 0.746. The minimum Gasteiger partial charge on any atom is -0.352 e. The van der Waals surface area contributed by atoms with Crippen molar-refractivity contribution >= 4 is 11.8 Å². The predicted octanol–water partition coefficient (Wildman–Crippen LogP) is 2.72. The number of halogens is 3. The summed E-state index contributed by atoms with van der Waals surface area (Å²) < 4.78 is 39.0. The lowest BCUT2D eigenvalue weighted by molar-refractivity contribution is -0.141. The van der Waals surface area contributed by atoms with Gasteiger partial charge in [0.05, 0.1) is 5.69 Å². The number of carbonyl (C=O) groups is 2. The molecule has 0 aliphatic heterocycles. The number of alkyl halides is 3. The van der Waals surface area contributed by atoms with Crippen LogP contribution in [0.25, 0.3) is 5.69 Å². The summed E-state index contributed by atoms with van der Waals surface area (Å²) in [7, 11) is 0. The van der Waals surface area contributed by atoms with Crippen LogP contribution in [0, 0.1) is 0 Å². The number of aromatic nitrogens is 3. The van der Waals surface area contributed by atoms with Crippen molar-refractivity contribution in [2.75, 3.05) is 6.54 Å². The molecular weight excluding hydrogens is 399 g/mol. The van der Waals surface area contributed by atoms with Crippen LogP contribution >= 0.6 is 0 Å². The minimum atomic E-state index is -4.49. The van der Waals surface area contributed by atoms with E-state index in [0.29, 0.717) is 11.3 Å². The molecule has 0 radical (unpaired) electrons. The zero-order chi connectivity index (χ0) is 21.6. The molecule has 0 aliphatic carbocycles. The van der Waals surface area contributed by atoms with Gasteiger partial charge in [0.25, 0.3) is 5.91 Å². The van der Waals surface area contributed by atoms with Crippen LogP contribution in [-0.2, 0) is 17.5 Å². The van der Waals surface area contributed by atoms with Gasteiger partial charge in [0.15, 0.2) is 5.69 Å². The fourth-order valence-corrected chi connectivity index (χ4v) is 2.57. The van der Waals surface area contributed by atoms with E-state index < -0.39 is 11.9 Å². The highest BCUT2D eigenvalue weighted by Crippen LogP contribution is 2.27. The Morgan fingerprint density at radius 2 is 1.67 bits per heavy atom. The lowest BCUT2D eigenvalue weighted by atomic mass is 10.2. The Balaban J connectivity index is 1.44. The maximum absolute atomic E-state index is 12.6. The van der Waals surface area contributed by atoms with Crippen molar-refractivity contribution in [2.24, 2.45) is 0 Å². The Kier molecular flexibility index (Phi) is 6.45. The summed E-state index contributed by atoms with van der Waals surface area (Å²) in [6.07, 6.45) is -0.126. The average Bonchev–Trinajstić information content (AvgIpc) is 3.24. The topological polar surface area (TPSA) is 88.9 Å². The number of benzene rings is 1. The smallest absolute Gasteiger partial charge is 0.352 e. The minimum absolute atomic E-state index is 0.114. The molecule has 10 heteroatoms. The molecular formula is C20H18F3N5O2. The Morgan fingerprint density at radius 1 is 0.967 bits per heavy atom. The second-order valence-corrected chi connectivity index (χ2v) is 6.33. The van der Waals surface area contributed by atoms with Crippen LogP contribution in [0.15, 0.2) is 61.1 Å². The van der Waals surface area contributed by atoms with E-state index in [1.165, 1.54) is 18.6 Å². The first-order valence-electron chi connectivity index (χ1n) is 9.00. The Bertz CT molecular complexity index is 1000. The highest BCUT2D eigenvalue weighted by atomic mass is 19.4. The molecule has 0 atom stereocenters. The fourth-order valence-electron chi connectivity index (χ4n) is 2.57. The molecule has 2 N–H and O–H groups in total. The van der Waals surface area contributed by atoms with Gasteiger partial charge in [0.1, 0.15) is 0 Å². The van der Waals surface area contributed by atoms with Gasteiger partial charge in [-0.15, -0.1) is 0 Å². The number of pyridine rings is 1. The highest BCUT2D eigenvalue weighted by molar-refractivity contribution is 5.94. The third-order valence-corrected chi connectivity index (χ3v) is 4.15. The van der Waals surface area contributed by atoms with Gasteiger partial charge in [0.2, 0.25) is 5.91 Å². The molecule has 0 spiro atoms. The van der Waals surface area contributed by atoms with Crippen LogP contribution < -0.4 is 10.6 Å². The molecule has 156 valence electrons. The highest BCUT2D eigenvalue weighted by Gasteiger charge is 2.33. The standard InChI is InChI=1S/C20H18F3N5O2/c21-20(22,23)17-8-12-28(27-17)16-3-1-14(2-4-16)13-26-18(29)7-11-25-19(30)15-5-9-24-10-6-15/h1-6,8-10,12H,7,11,13H2,(H,25,30)(H,26,29). The second-order valence-electron chi connectivity index (χ2n) is 6.33. The van der Waals surface area contributed by atoms with Crippen molar-refractivity contribution in [3.05, 3.63) is 77.9 Å². The fraction of sp³-hybridized carbons (Fsp3) is 0.200. The third kappa shape index (κ3) is 5.66. The van der Waals surface area contributed by atoms with E-state index in [1.807, 2.05) is 0 Å². The quantitative estimate of drug-likeness (QED) is 0.619. The Labute approximate surface area is 169 Å². The normalized spacial score (nSPS) is 11.2. The number of nitrogens with zero attached hydrogens (tertiary/aromatic N) is 3. The van der Waals surface area contributed by atoms with Gasteiger partial charge >= 0.3 is 6.18 Å². The van der Waals surface area contributed by atoms with E-state index in [-0.39, 0.29) is 31.3 Å². The van der Waals surface area contributed by atoms with Crippen LogP contribution in [-0.4, -0.2) is 33.1 Å². The van der Waals surface area contributed by atoms with Crippen molar-refractivity contribution < 1.29 is 22.8 Å². The maximum Gasteiger partial charge on any atom is 0.435 e. The first-order chi connectivity index (χ1) is 14.3. The molecule has 0 saturated heterocycles. The van der Waals surface area contributed by atoms with Gasteiger partial charge in [0, 0.05) is 43.7 Å². The lowest BCUT2D eigenvalue weighted by Crippen LogP contribution is -2.30. The molecule has 7 nitrogen and oxygen atoms in total. The number of amides is 2. The second kappa shape index (κ2) is 9.21. The van der Waals surface area contributed by atoms with Crippen LogP contribution in [0.1, 0.15) is 28.0 Å². The average molecular weight is 417 g/mol. The summed E-state index contributed by atoms with van der Waals surface area (Å²) in [6.45, 7) is 0.442. The van der Waals surface area contributed by atoms with Gasteiger partial charge in [-0.1, -0.05) is 12.1 Å². The van der Waals surface area contributed by atoms with E-state index >= 15 is 0 Å². The van der Waals surface area contributed by atoms with Crippen molar-refractivity contribution in [2.45, 2.75) is 19.1 Å². The molecule has 2 amide bonds. The number of nitrogens with one attached hydrogen (secondary N) is 2. The molecule has 0 fully saturated rings. The molecule has 2 heterocycles. The molecule has 0 saturated carbocycles. The number of hydrogen-bond donors (Lipinski definition) is 2. The molecule has 3 aromatic rings. The monoisotopic (exact) mass is 417 g/mol. The van der Waals surface area contributed by atoms with Gasteiger partial charge in [-0.05, 0) is 35.9 Å². The van der Waals surface area contributed by atoms with Crippen molar-refractivity contribution in [3.8, 4) is 5.69 Å². The third-order valence-electron chi connectivity index (χ3n) is 4.15. The van der Waals surface area contributed by atoms with Crippen molar-refractivity contribution in [1.29, 1.82) is 0 Å². The van der Waals surface area contributed by atoms with E-state index in [1.54, 1.807) is 36.4 Å². The largest absolute Gasteiger partial charge is 0.435 e. The van der Waals surface area contributed by atoms with Crippen LogP contribution in [0.5, 0.6) is 0 Å². The zero-order valence-electron chi connectivity index (χ0n) is 15.7. The first kappa shape index (κ1) is 21.0. The van der Waals surface area contributed by atoms with Gasteiger partial charge in [-0.3, -0.25) is 14.6 Å². The molecule has 30 heavy (non-hydrogen) atoms. The molecule has 0 unspecified atom stereocenters. The van der Waals surface area contributed by atoms with Gasteiger partial charge < -0.3 is 10.6 Å². The summed E-state index contributed by atoms with van der Waals surface area (Å²) in [4.78, 5) is 27.6. The summed E-state index contributed by atoms with van der Waals surface area (Å²) in [5.74, 6) is -0.524. The summed E-state index contributed by atoms with van der Waals surface area (Å²) in [5, 5.41) is 8.88. The molecule has 3 rings (SSSR count). The summed E-state index contributed by atoms with van der Waals surface area (Å²) >= 11 is 0. The van der Waals surface area contributed by atoms with Crippen molar-refractivity contribution in [1.82, 2.24) is 25.4 Å². The van der Waals surface area contributed by atoms with E-state index in [2.05, 4.69) is 20.7 Å². The molecule has 2 aromatic heterocycles. The first-order valence-corrected chi connectivity index (χ1v) is 9.00. The van der Waals surface area contributed by atoms with Crippen LogP contribution in [0.3, 0.4) is 0 Å². The Hall–Kier alpha value is -3.69. The van der Waals surface area contributed by atoms with Gasteiger partial charge in [-0.25, -0.2) is 4.68 Å². The Morgan fingerprint density at radius 3 is 2.30 bits per heavy atom. The molecule has 1 aromatic carbocycles. The lowest BCUT2D eigenvalue weighted by Gasteiger charge is -2.08. The molecule has 0 aliphatic rings. The van der Waals surface area contributed by atoms with Crippen LogP contribution in [0.4, 0.5) is 13.2 Å². The summed E-state index contributed by atoms with van der Waals surface area (Å²) in [6, 6.07) is 10.7. The predicted molar refractivity (Wildman–Crippen MR) is 102 cm³/mol. The number of hydrogen-bond acceptors (Lipinski definition) is 4. The maximum atomic E-state index is 12.6. The number of carbonyl (C=O) groups excluding carboxylic acids is 2. The van der Waals surface area contributed by atoms with Crippen LogP contribution in [0.2, 0.25) is 0 Å². The van der Waals surface area contributed by atoms with E-state index in [4.69, 9.17) is 0 Å². The van der Waals surface area contributed by atoms with Crippen molar-refractivity contribution in [3.63, 3.8) is 0 Å². The zero-order valence-corrected chi connectivity index (χ0v) is 15.7. The molecule has 0 bridgehead atoms. The number of rotatable bonds is 7.